The Morgan fingerprint density at radius 3 is 2.65 bits per heavy atom. The number of carboxylic acids is 1. The van der Waals surface area contributed by atoms with Gasteiger partial charge in [0.2, 0.25) is 0 Å². The van der Waals surface area contributed by atoms with Gasteiger partial charge < -0.3 is 9.84 Å². The van der Waals surface area contributed by atoms with Gasteiger partial charge in [0.15, 0.2) is 5.41 Å². The molecule has 0 radical (unpaired) electrons. The van der Waals surface area contributed by atoms with Crippen molar-refractivity contribution in [2.45, 2.75) is 76.0 Å². The maximum Gasteiger partial charge on any atom is 0.328 e. The molecule has 2 aliphatic rings. The van der Waals surface area contributed by atoms with Crippen LogP contribution in [0.25, 0.3) is 0 Å². The molecule has 0 bridgehead atoms. The molecule has 2 aliphatic carbocycles. The number of aliphatic carboxylic acids is 1. The third-order valence-corrected chi connectivity index (χ3v) is 6.27. The van der Waals surface area contributed by atoms with Crippen molar-refractivity contribution >= 4 is 23.5 Å². The maximum atomic E-state index is 12.7. The molecule has 3 rings (SSSR count). The topological polar surface area (TPSA) is 63.6 Å². The second kappa shape index (κ2) is 7.99. The predicted molar refractivity (Wildman–Crippen MR) is 101 cm³/mol. The number of halogens is 1. The largest absolute Gasteiger partial charge is 0.480 e. The van der Waals surface area contributed by atoms with E-state index in [1.54, 1.807) is 6.07 Å². The molecule has 0 spiro atoms. The highest BCUT2D eigenvalue weighted by molar-refractivity contribution is 6.31. The van der Waals surface area contributed by atoms with Gasteiger partial charge in [0.1, 0.15) is 0 Å². The first-order chi connectivity index (χ1) is 12.5. The number of fused-ring (bicyclic) bond motifs is 1. The van der Waals surface area contributed by atoms with Crippen LogP contribution in [-0.4, -0.2) is 23.7 Å². The van der Waals surface area contributed by atoms with Gasteiger partial charge in [-0.15, -0.1) is 0 Å². The van der Waals surface area contributed by atoms with Gasteiger partial charge in [-0.25, -0.2) is 0 Å². The molecule has 1 aromatic carbocycles. The highest BCUT2D eigenvalue weighted by Crippen LogP contribution is 2.45. The Bertz CT molecular complexity index is 693. The summed E-state index contributed by atoms with van der Waals surface area (Å²) in [5, 5.41) is 10.5. The van der Waals surface area contributed by atoms with Crippen molar-refractivity contribution in [3.63, 3.8) is 0 Å². The fourth-order valence-electron chi connectivity index (χ4n) is 4.38. The monoisotopic (exact) mass is 378 g/mol. The third-order valence-electron chi connectivity index (χ3n) is 5.94. The maximum absolute atomic E-state index is 12.7. The minimum absolute atomic E-state index is 0.243. The molecule has 0 aliphatic heterocycles. The summed E-state index contributed by atoms with van der Waals surface area (Å²) in [5.74, 6) is -1.35. The number of rotatable bonds is 6. The molecule has 0 amide bonds. The van der Waals surface area contributed by atoms with E-state index in [1.165, 1.54) is 19.3 Å². The van der Waals surface area contributed by atoms with Crippen LogP contribution in [0.15, 0.2) is 12.1 Å². The Kier molecular flexibility index (Phi) is 5.91. The van der Waals surface area contributed by atoms with E-state index in [0.717, 1.165) is 36.8 Å². The summed E-state index contributed by atoms with van der Waals surface area (Å²) in [6, 6.07) is 3.78. The van der Waals surface area contributed by atoms with Crippen molar-refractivity contribution in [3.8, 4) is 0 Å². The van der Waals surface area contributed by atoms with E-state index in [-0.39, 0.29) is 13.0 Å². The zero-order chi connectivity index (χ0) is 18.7. The molecule has 1 unspecified atom stereocenters. The van der Waals surface area contributed by atoms with Crippen molar-refractivity contribution in [1.82, 2.24) is 0 Å². The lowest BCUT2D eigenvalue weighted by molar-refractivity contribution is -0.161. The molecule has 142 valence electrons. The van der Waals surface area contributed by atoms with E-state index < -0.39 is 17.4 Å². The van der Waals surface area contributed by atoms with Crippen molar-refractivity contribution in [2.24, 2.45) is 0 Å². The molecule has 26 heavy (non-hydrogen) atoms. The summed E-state index contributed by atoms with van der Waals surface area (Å²) < 4.78 is 5.31. The van der Waals surface area contributed by atoms with Crippen molar-refractivity contribution in [3.05, 3.63) is 33.8 Å². The van der Waals surface area contributed by atoms with E-state index in [2.05, 4.69) is 6.07 Å². The smallest absolute Gasteiger partial charge is 0.328 e. The predicted octanol–water partition coefficient (Wildman–Crippen LogP) is 5.00. The van der Waals surface area contributed by atoms with Gasteiger partial charge in [0.25, 0.3) is 0 Å². The van der Waals surface area contributed by atoms with Crippen LogP contribution in [0.5, 0.6) is 0 Å². The zero-order valence-electron chi connectivity index (χ0n) is 15.4. The number of ether oxygens (including phenoxy) is 1. The summed E-state index contributed by atoms with van der Waals surface area (Å²) >= 11 is 6.56. The Morgan fingerprint density at radius 1 is 1.27 bits per heavy atom. The summed E-state index contributed by atoms with van der Waals surface area (Å²) in [7, 11) is 0. The fraction of sp³-hybridized carbons (Fsp3) is 0.619. The molecule has 5 heteroatoms. The first-order valence-electron chi connectivity index (χ1n) is 9.74. The lowest BCUT2D eigenvalue weighted by Gasteiger charge is -2.26. The van der Waals surface area contributed by atoms with Crippen LogP contribution in [0.4, 0.5) is 0 Å². The standard InChI is InChI=1S/C21H27ClO4/c1-2-3-11-26-20(25)21(19(23)24)10-9-15-12-16(18(22)13-17(15)21)14-7-5-4-6-8-14/h12-14H,2-11H2,1H3,(H,23,24). The summed E-state index contributed by atoms with van der Waals surface area (Å²) in [6.45, 7) is 2.26. The van der Waals surface area contributed by atoms with E-state index in [0.29, 0.717) is 22.9 Å². The molecule has 1 N–H and O–H groups in total. The number of aryl methyl sites for hydroxylation is 1. The van der Waals surface area contributed by atoms with Crippen LogP contribution in [0.2, 0.25) is 5.02 Å². The molecule has 0 aromatic heterocycles. The van der Waals surface area contributed by atoms with E-state index in [1.807, 2.05) is 6.92 Å². The number of esters is 1. The molecular weight excluding hydrogens is 352 g/mol. The van der Waals surface area contributed by atoms with Crippen molar-refractivity contribution < 1.29 is 19.4 Å². The average molecular weight is 379 g/mol. The van der Waals surface area contributed by atoms with Crippen molar-refractivity contribution in [1.29, 1.82) is 0 Å². The van der Waals surface area contributed by atoms with E-state index in [9.17, 15) is 14.7 Å². The lowest BCUT2D eigenvalue weighted by Crippen LogP contribution is -2.43. The Balaban J connectivity index is 1.94. The lowest BCUT2D eigenvalue weighted by atomic mass is 9.79. The summed E-state index contributed by atoms with van der Waals surface area (Å²) in [5.41, 5.74) is 0.962. The number of carbonyl (C=O) groups excluding carboxylic acids is 1. The van der Waals surface area contributed by atoms with Crippen LogP contribution < -0.4 is 0 Å². The molecule has 1 aromatic rings. The molecule has 0 saturated heterocycles. The minimum Gasteiger partial charge on any atom is -0.480 e. The van der Waals surface area contributed by atoms with Crippen molar-refractivity contribution in [2.75, 3.05) is 6.61 Å². The number of benzene rings is 1. The molecule has 1 fully saturated rings. The molecule has 0 heterocycles. The molecular formula is C21H27ClO4. The first-order valence-corrected chi connectivity index (χ1v) is 10.1. The average Bonchev–Trinajstić information content (AvgIpc) is 3.01. The van der Waals surface area contributed by atoms with Gasteiger partial charge in [0, 0.05) is 5.02 Å². The van der Waals surface area contributed by atoms with Crippen LogP contribution in [-0.2, 0) is 26.2 Å². The highest BCUT2D eigenvalue weighted by atomic mass is 35.5. The van der Waals surface area contributed by atoms with Gasteiger partial charge >= 0.3 is 11.9 Å². The van der Waals surface area contributed by atoms with Gasteiger partial charge in [-0.1, -0.05) is 50.3 Å². The van der Waals surface area contributed by atoms with Gasteiger partial charge in [-0.2, -0.15) is 0 Å². The van der Waals surface area contributed by atoms with E-state index >= 15 is 0 Å². The summed E-state index contributed by atoms with van der Waals surface area (Å²) in [6.07, 6.45) is 8.38. The number of carboxylic acid groups (broad SMARTS) is 1. The minimum atomic E-state index is -1.61. The second-order valence-corrected chi connectivity index (χ2v) is 7.97. The Morgan fingerprint density at radius 2 is 2.00 bits per heavy atom. The Labute approximate surface area is 159 Å². The van der Waals surface area contributed by atoms with Gasteiger partial charge in [-0.05, 0) is 60.8 Å². The normalized spacial score (nSPS) is 22.8. The van der Waals surface area contributed by atoms with Crippen LogP contribution in [0.3, 0.4) is 0 Å². The van der Waals surface area contributed by atoms with E-state index in [4.69, 9.17) is 16.3 Å². The fourth-order valence-corrected chi connectivity index (χ4v) is 4.70. The number of unbranched alkanes of at least 4 members (excludes halogenated alkanes) is 1. The van der Waals surface area contributed by atoms with Crippen LogP contribution >= 0.6 is 11.6 Å². The highest BCUT2D eigenvalue weighted by Gasteiger charge is 2.53. The van der Waals surface area contributed by atoms with Crippen LogP contribution in [0, 0.1) is 0 Å². The Hall–Kier alpha value is -1.55. The molecule has 1 atom stereocenters. The summed E-state index contributed by atoms with van der Waals surface area (Å²) in [4.78, 5) is 24.8. The quantitative estimate of drug-likeness (QED) is 0.430. The van der Waals surface area contributed by atoms with Gasteiger partial charge in [-0.3, -0.25) is 9.59 Å². The third kappa shape index (κ3) is 3.36. The first kappa shape index (κ1) is 19.2. The van der Waals surface area contributed by atoms with Crippen LogP contribution in [0.1, 0.15) is 80.9 Å². The SMILES string of the molecule is CCCCOC(=O)C1(C(=O)O)CCc2cc(C3CCCCC3)c(Cl)cc21. The zero-order valence-corrected chi connectivity index (χ0v) is 16.1. The van der Waals surface area contributed by atoms with Gasteiger partial charge in [0.05, 0.1) is 6.61 Å². The molecule has 1 saturated carbocycles. The number of carbonyl (C=O) groups is 2. The number of hydrogen-bond donors (Lipinski definition) is 1. The second-order valence-electron chi connectivity index (χ2n) is 7.57. The number of hydrogen-bond acceptors (Lipinski definition) is 3. The molecule has 4 nitrogen and oxygen atoms in total.